The van der Waals surface area contributed by atoms with Gasteiger partial charge in [0.05, 0.1) is 5.69 Å². The van der Waals surface area contributed by atoms with E-state index in [0.717, 1.165) is 11.3 Å². The number of phenolic OH excluding ortho intramolecular Hbond substituents is 2. The highest BCUT2D eigenvalue weighted by Crippen LogP contribution is 2.27. The summed E-state index contributed by atoms with van der Waals surface area (Å²) in [5, 5.41) is 22.0. The zero-order valence-corrected chi connectivity index (χ0v) is 11.6. The monoisotopic (exact) mass is 275 g/mol. The van der Waals surface area contributed by atoms with Gasteiger partial charge in [-0.05, 0) is 35.6 Å². The second-order valence-electron chi connectivity index (χ2n) is 4.13. The molecule has 4 heteroatoms. The molecule has 3 N–H and O–H groups in total. The summed E-state index contributed by atoms with van der Waals surface area (Å²) in [5.74, 6) is 1.18. The predicted octanol–water partition coefficient (Wildman–Crippen LogP) is 3.82. The fraction of sp³-hybridized carbons (Fsp3) is 0.200. The first kappa shape index (κ1) is 13.6. The quantitative estimate of drug-likeness (QED) is 0.441. The van der Waals surface area contributed by atoms with Gasteiger partial charge in [-0.2, -0.15) is 0 Å². The van der Waals surface area contributed by atoms with Gasteiger partial charge in [0.25, 0.3) is 0 Å². The van der Waals surface area contributed by atoms with Gasteiger partial charge in [0.15, 0.2) is 0 Å². The van der Waals surface area contributed by atoms with E-state index in [2.05, 4.69) is 36.5 Å². The molecule has 3 nitrogen and oxygen atoms in total. The van der Waals surface area contributed by atoms with Gasteiger partial charge >= 0.3 is 0 Å². The zero-order valence-electron chi connectivity index (χ0n) is 10.8. The van der Waals surface area contributed by atoms with Crippen molar-refractivity contribution in [1.82, 2.24) is 0 Å². The first-order chi connectivity index (χ1) is 9.19. The van der Waals surface area contributed by atoms with Crippen molar-refractivity contribution < 1.29 is 10.2 Å². The minimum absolute atomic E-state index is 0.0539. The lowest BCUT2D eigenvalue weighted by Gasteiger charge is -2.09. The van der Waals surface area contributed by atoms with Crippen LogP contribution in [0.25, 0.3) is 0 Å². The van der Waals surface area contributed by atoms with Crippen molar-refractivity contribution in [2.45, 2.75) is 18.4 Å². The molecule has 0 unspecified atom stereocenters. The van der Waals surface area contributed by atoms with E-state index in [0.29, 0.717) is 12.2 Å². The van der Waals surface area contributed by atoms with Crippen LogP contribution in [-0.2, 0) is 6.54 Å². The molecule has 0 amide bonds. The van der Waals surface area contributed by atoms with Crippen LogP contribution in [0.3, 0.4) is 0 Å². The molecule has 0 heterocycles. The van der Waals surface area contributed by atoms with Crippen LogP contribution >= 0.6 is 11.8 Å². The van der Waals surface area contributed by atoms with Crippen LogP contribution in [0.1, 0.15) is 12.5 Å². The molecule has 0 aliphatic heterocycles. The van der Waals surface area contributed by atoms with Crippen LogP contribution in [0.15, 0.2) is 47.4 Å². The van der Waals surface area contributed by atoms with E-state index >= 15 is 0 Å². The standard InChI is InChI=1S/C15H17NO2S/c1-2-19-13-6-3-11(4-7-13)10-16-14-8-5-12(17)9-15(14)18/h3-9,16-18H,2,10H2,1H3. The Morgan fingerprint density at radius 2 is 1.79 bits per heavy atom. The van der Waals surface area contributed by atoms with Gasteiger partial charge in [0.1, 0.15) is 11.5 Å². The average molecular weight is 275 g/mol. The summed E-state index contributed by atoms with van der Waals surface area (Å²) in [7, 11) is 0. The van der Waals surface area contributed by atoms with Crippen LogP contribution in [0.4, 0.5) is 5.69 Å². The van der Waals surface area contributed by atoms with Gasteiger partial charge in [-0.3, -0.25) is 0 Å². The number of anilines is 1. The van der Waals surface area contributed by atoms with Crippen molar-refractivity contribution in [3.05, 3.63) is 48.0 Å². The van der Waals surface area contributed by atoms with Crippen LogP contribution < -0.4 is 5.32 Å². The molecule has 0 saturated heterocycles. The summed E-state index contributed by atoms with van der Waals surface area (Å²) in [6.07, 6.45) is 0. The molecule has 100 valence electrons. The Balaban J connectivity index is 1.98. The number of rotatable bonds is 5. The molecule has 0 radical (unpaired) electrons. The molecule has 19 heavy (non-hydrogen) atoms. The number of hydrogen-bond donors (Lipinski definition) is 3. The third-order valence-electron chi connectivity index (χ3n) is 2.70. The minimum atomic E-state index is 0.0539. The van der Waals surface area contributed by atoms with Gasteiger partial charge in [0.2, 0.25) is 0 Å². The first-order valence-corrected chi connectivity index (χ1v) is 7.15. The van der Waals surface area contributed by atoms with E-state index in [4.69, 9.17) is 0 Å². The summed E-state index contributed by atoms with van der Waals surface area (Å²) >= 11 is 1.81. The number of thioether (sulfide) groups is 1. The molecule has 2 aromatic carbocycles. The van der Waals surface area contributed by atoms with E-state index in [9.17, 15) is 10.2 Å². The number of nitrogens with one attached hydrogen (secondary N) is 1. The number of benzene rings is 2. The third-order valence-corrected chi connectivity index (χ3v) is 3.59. The SMILES string of the molecule is CCSc1ccc(CNc2ccc(O)cc2O)cc1. The Labute approximate surface area is 117 Å². The zero-order chi connectivity index (χ0) is 13.7. The Kier molecular flexibility index (Phi) is 4.58. The van der Waals surface area contributed by atoms with Gasteiger partial charge in [-0.25, -0.2) is 0 Å². The lowest BCUT2D eigenvalue weighted by Crippen LogP contribution is -1.99. The average Bonchev–Trinajstić information content (AvgIpc) is 2.40. The summed E-state index contributed by atoms with van der Waals surface area (Å²) in [6.45, 7) is 2.77. The predicted molar refractivity (Wildman–Crippen MR) is 79.9 cm³/mol. The molecule has 0 fully saturated rings. The van der Waals surface area contributed by atoms with Crippen molar-refractivity contribution in [2.75, 3.05) is 11.1 Å². The van der Waals surface area contributed by atoms with E-state index in [1.54, 1.807) is 12.1 Å². The van der Waals surface area contributed by atoms with E-state index in [1.165, 1.54) is 11.0 Å². The molecule has 0 spiro atoms. The van der Waals surface area contributed by atoms with E-state index < -0.39 is 0 Å². The van der Waals surface area contributed by atoms with Crippen molar-refractivity contribution in [3.63, 3.8) is 0 Å². The topological polar surface area (TPSA) is 52.5 Å². The maximum Gasteiger partial charge on any atom is 0.142 e. The molecule has 2 rings (SSSR count). The Morgan fingerprint density at radius 3 is 2.42 bits per heavy atom. The molecule has 0 saturated carbocycles. The van der Waals surface area contributed by atoms with E-state index in [1.807, 2.05) is 11.8 Å². The third kappa shape index (κ3) is 3.83. The lowest BCUT2D eigenvalue weighted by molar-refractivity contribution is 0.452. The van der Waals surface area contributed by atoms with Crippen LogP contribution in [0.5, 0.6) is 11.5 Å². The van der Waals surface area contributed by atoms with Gasteiger partial charge in [-0.15, -0.1) is 11.8 Å². The number of aromatic hydroxyl groups is 2. The molecule has 0 aromatic heterocycles. The van der Waals surface area contributed by atoms with Crippen molar-refractivity contribution in [2.24, 2.45) is 0 Å². The minimum Gasteiger partial charge on any atom is -0.508 e. The van der Waals surface area contributed by atoms with Crippen LogP contribution in [0, 0.1) is 0 Å². The molecular weight excluding hydrogens is 258 g/mol. The second-order valence-corrected chi connectivity index (χ2v) is 5.47. The Hall–Kier alpha value is -1.81. The highest BCUT2D eigenvalue weighted by Gasteiger charge is 2.02. The highest BCUT2D eigenvalue weighted by molar-refractivity contribution is 7.99. The normalized spacial score (nSPS) is 10.4. The molecule has 2 aromatic rings. The van der Waals surface area contributed by atoms with Crippen molar-refractivity contribution in [1.29, 1.82) is 0 Å². The van der Waals surface area contributed by atoms with Gasteiger partial charge < -0.3 is 15.5 Å². The van der Waals surface area contributed by atoms with Crippen LogP contribution in [0.2, 0.25) is 0 Å². The maximum absolute atomic E-state index is 9.66. The summed E-state index contributed by atoms with van der Waals surface area (Å²) in [5.41, 5.74) is 1.76. The second kappa shape index (κ2) is 6.38. The molecular formula is C15H17NO2S. The maximum atomic E-state index is 9.66. The Bertz CT molecular complexity index is 540. The van der Waals surface area contributed by atoms with Crippen molar-refractivity contribution in [3.8, 4) is 11.5 Å². The van der Waals surface area contributed by atoms with Crippen molar-refractivity contribution >= 4 is 17.4 Å². The molecule has 0 atom stereocenters. The number of hydrogen-bond acceptors (Lipinski definition) is 4. The van der Waals surface area contributed by atoms with E-state index in [-0.39, 0.29) is 11.5 Å². The van der Waals surface area contributed by atoms with Crippen LogP contribution in [-0.4, -0.2) is 16.0 Å². The molecule has 0 aliphatic rings. The molecule has 0 aliphatic carbocycles. The fourth-order valence-electron chi connectivity index (χ4n) is 1.74. The summed E-state index contributed by atoms with van der Waals surface area (Å²) in [4.78, 5) is 1.26. The largest absolute Gasteiger partial charge is 0.508 e. The Morgan fingerprint density at radius 1 is 1.05 bits per heavy atom. The first-order valence-electron chi connectivity index (χ1n) is 6.16. The van der Waals surface area contributed by atoms with Gasteiger partial charge in [0, 0.05) is 17.5 Å². The highest BCUT2D eigenvalue weighted by atomic mass is 32.2. The lowest BCUT2D eigenvalue weighted by atomic mass is 10.2. The molecule has 0 bridgehead atoms. The fourth-order valence-corrected chi connectivity index (χ4v) is 2.40. The smallest absolute Gasteiger partial charge is 0.142 e. The number of phenols is 2. The van der Waals surface area contributed by atoms with Gasteiger partial charge in [-0.1, -0.05) is 19.1 Å². The summed E-state index contributed by atoms with van der Waals surface area (Å²) < 4.78 is 0. The summed E-state index contributed by atoms with van der Waals surface area (Å²) in [6, 6.07) is 12.9.